The van der Waals surface area contributed by atoms with Crippen LogP contribution in [0.1, 0.15) is 39.0 Å². The lowest BCUT2D eigenvalue weighted by Crippen LogP contribution is -2.44. The first-order valence-electron chi connectivity index (χ1n) is 7.25. The van der Waals surface area contributed by atoms with Crippen molar-refractivity contribution < 1.29 is 14.7 Å². The molecule has 1 unspecified atom stereocenters. The SMILES string of the molecule is CCCCCNCC(=O)NC(CCCN=C(N)N)C(=O)O. The van der Waals surface area contributed by atoms with Gasteiger partial charge in [-0.1, -0.05) is 19.8 Å². The van der Waals surface area contributed by atoms with Gasteiger partial charge in [0.15, 0.2) is 5.96 Å². The van der Waals surface area contributed by atoms with E-state index in [-0.39, 0.29) is 24.8 Å². The third-order valence-electron chi connectivity index (χ3n) is 2.82. The molecule has 7 N–H and O–H groups in total. The number of nitrogens with zero attached hydrogens (tertiary/aromatic N) is 1. The standard InChI is InChI=1S/C13H27N5O3/c1-2-3-4-7-16-9-11(19)18-10(12(20)21)6-5-8-17-13(14)15/h10,16H,2-9H2,1H3,(H,18,19)(H,20,21)(H4,14,15,17). The summed E-state index contributed by atoms with van der Waals surface area (Å²) in [5.74, 6) is -1.40. The van der Waals surface area contributed by atoms with Crippen molar-refractivity contribution in [2.75, 3.05) is 19.6 Å². The molecule has 0 aliphatic heterocycles. The number of carbonyl (C=O) groups is 2. The fraction of sp³-hybridized carbons (Fsp3) is 0.769. The number of carboxylic acids is 1. The Morgan fingerprint density at radius 3 is 2.52 bits per heavy atom. The van der Waals surface area contributed by atoms with Crippen LogP contribution in [0.25, 0.3) is 0 Å². The summed E-state index contributed by atoms with van der Waals surface area (Å²) in [5.41, 5.74) is 10.3. The quantitative estimate of drug-likeness (QED) is 0.185. The summed E-state index contributed by atoms with van der Waals surface area (Å²) < 4.78 is 0. The van der Waals surface area contributed by atoms with Crippen molar-refractivity contribution in [1.29, 1.82) is 0 Å². The van der Waals surface area contributed by atoms with Crippen molar-refractivity contribution in [3.05, 3.63) is 0 Å². The fourth-order valence-corrected chi connectivity index (χ4v) is 1.71. The Balaban J connectivity index is 3.93. The van der Waals surface area contributed by atoms with E-state index in [0.29, 0.717) is 13.0 Å². The minimum absolute atomic E-state index is 0.0258. The molecule has 0 rings (SSSR count). The molecule has 0 spiro atoms. The summed E-state index contributed by atoms with van der Waals surface area (Å²) >= 11 is 0. The lowest BCUT2D eigenvalue weighted by molar-refractivity contribution is -0.141. The Morgan fingerprint density at radius 1 is 1.24 bits per heavy atom. The lowest BCUT2D eigenvalue weighted by Gasteiger charge is -2.14. The predicted octanol–water partition coefficient (Wildman–Crippen LogP) is -0.611. The maximum Gasteiger partial charge on any atom is 0.326 e. The smallest absolute Gasteiger partial charge is 0.326 e. The highest BCUT2D eigenvalue weighted by atomic mass is 16.4. The molecular weight excluding hydrogens is 274 g/mol. The highest BCUT2D eigenvalue weighted by Gasteiger charge is 2.18. The first-order valence-corrected chi connectivity index (χ1v) is 7.25. The molecule has 8 heteroatoms. The van der Waals surface area contributed by atoms with Gasteiger partial charge in [0.25, 0.3) is 0 Å². The van der Waals surface area contributed by atoms with Crippen molar-refractivity contribution in [2.24, 2.45) is 16.5 Å². The highest BCUT2D eigenvalue weighted by Crippen LogP contribution is 1.98. The lowest BCUT2D eigenvalue weighted by atomic mass is 10.1. The summed E-state index contributed by atoms with van der Waals surface area (Å²) in [5, 5.41) is 14.5. The van der Waals surface area contributed by atoms with E-state index in [9.17, 15) is 9.59 Å². The number of hydrogen-bond acceptors (Lipinski definition) is 4. The zero-order valence-corrected chi connectivity index (χ0v) is 12.6. The molecule has 0 aliphatic carbocycles. The van der Waals surface area contributed by atoms with Crippen molar-refractivity contribution in [2.45, 2.75) is 45.1 Å². The van der Waals surface area contributed by atoms with Gasteiger partial charge in [0.05, 0.1) is 6.54 Å². The number of aliphatic imine (C=N–C) groups is 1. The van der Waals surface area contributed by atoms with Crippen molar-refractivity contribution in [3.8, 4) is 0 Å². The topological polar surface area (TPSA) is 143 Å². The van der Waals surface area contributed by atoms with Crippen LogP contribution in [0.15, 0.2) is 4.99 Å². The van der Waals surface area contributed by atoms with Gasteiger partial charge in [-0.2, -0.15) is 0 Å². The Hall–Kier alpha value is -1.83. The van der Waals surface area contributed by atoms with Crippen molar-refractivity contribution in [3.63, 3.8) is 0 Å². The van der Waals surface area contributed by atoms with Gasteiger partial charge >= 0.3 is 5.97 Å². The number of aliphatic carboxylic acids is 1. The van der Waals surface area contributed by atoms with Crippen LogP contribution in [0.4, 0.5) is 0 Å². The van der Waals surface area contributed by atoms with Crippen LogP contribution in [0.2, 0.25) is 0 Å². The van der Waals surface area contributed by atoms with E-state index in [2.05, 4.69) is 22.5 Å². The minimum Gasteiger partial charge on any atom is -0.480 e. The molecule has 0 aromatic rings. The van der Waals surface area contributed by atoms with Gasteiger partial charge in [-0.25, -0.2) is 4.79 Å². The van der Waals surface area contributed by atoms with Crippen LogP contribution in [0, 0.1) is 0 Å². The van der Waals surface area contributed by atoms with Gasteiger partial charge < -0.3 is 27.2 Å². The Kier molecular flexibility index (Phi) is 10.9. The average molecular weight is 301 g/mol. The molecule has 0 aromatic carbocycles. The van der Waals surface area contributed by atoms with E-state index in [1.807, 2.05) is 0 Å². The van der Waals surface area contributed by atoms with E-state index in [1.165, 1.54) is 0 Å². The number of carboxylic acid groups (broad SMARTS) is 1. The number of nitrogens with two attached hydrogens (primary N) is 2. The number of rotatable bonds is 12. The van der Waals surface area contributed by atoms with Crippen molar-refractivity contribution in [1.82, 2.24) is 10.6 Å². The summed E-state index contributed by atoms with van der Waals surface area (Å²) in [4.78, 5) is 26.5. The van der Waals surface area contributed by atoms with E-state index >= 15 is 0 Å². The van der Waals surface area contributed by atoms with Gasteiger partial charge in [0.1, 0.15) is 6.04 Å². The summed E-state index contributed by atoms with van der Waals surface area (Å²) in [6, 6.07) is -0.913. The number of hydrogen-bond donors (Lipinski definition) is 5. The van der Waals surface area contributed by atoms with Crippen LogP contribution in [-0.2, 0) is 9.59 Å². The molecule has 0 saturated heterocycles. The molecular formula is C13H27N5O3. The number of guanidine groups is 1. The van der Waals surface area contributed by atoms with Crippen LogP contribution in [0.3, 0.4) is 0 Å². The predicted molar refractivity (Wildman–Crippen MR) is 81.9 cm³/mol. The van der Waals surface area contributed by atoms with Crippen molar-refractivity contribution >= 4 is 17.8 Å². The van der Waals surface area contributed by atoms with Crippen LogP contribution in [0.5, 0.6) is 0 Å². The zero-order chi connectivity index (χ0) is 16.1. The Morgan fingerprint density at radius 2 is 1.95 bits per heavy atom. The maximum absolute atomic E-state index is 11.6. The molecule has 0 heterocycles. The van der Waals surface area contributed by atoms with E-state index in [0.717, 1.165) is 25.8 Å². The van der Waals surface area contributed by atoms with Crippen LogP contribution < -0.4 is 22.1 Å². The fourth-order valence-electron chi connectivity index (χ4n) is 1.71. The molecule has 0 saturated carbocycles. The normalized spacial score (nSPS) is 11.7. The van der Waals surface area contributed by atoms with Crippen LogP contribution >= 0.6 is 0 Å². The van der Waals surface area contributed by atoms with Gasteiger partial charge in [-0.05, 0) is 25.8 Å². The molecule has 1 atom stereocenters. The summed E-state index contributed by atoms with van der Waals surface area (Å²) in [6.45, 7) is 3.33. The van der Waals surface area contributed by atoms with Gasteiger partial charge in [-0.3, -0.25) is 9.79 Å². The molecule has 0 bridgehead atoms. The second kappa shape index (κ2) is 12.0. The first-order chi connectivity index (χ1) is 9.97. The third kappa shape index (κ3) is 11.7. The van der Waals surface area contributed by atoms with Gasteiger partial charge in [0.2, 0.25) is 5.91 Å². The monoisotopic (exact) mass is 301 g/mol. The van der Waals surface area contributed by atoms with Crippen LogP contribution in [-0.4, -0.2) is 48.6 Å². The first kappa shape index (κ1) is 19.2. The Labute approximate surface area is 125 Å². The highest BCUT2D eigenvalue weighted by molar-refractivity contribution is 5.84. The second-order valence-electron chi connectivity index (χ2n) is 4.79. The number of nitrogens with one attached hydrogen (secondary N) is 2. The second-order valence-corrected chi connectivity index (χ2v) is 4.79. The molecule has 0 aromatic heterocycles. The number of carbonyl (C=O) groups excluding carboxylic acids is 1. The molecule has 0 radical (unpaired) electrons. The molecule has 1 amide bonds. The molecule has 0 fully saturated rings. The molecule has 21 heavy (non-hydrogen) atoms. The summed E-state index contributed by atoms with van der Waals surface area (Å²) in [6.07, 6.45) is 4.00. The third-order valence-corrected chi connectivity index (χ3v) is 2.82. The molecule has 122 valence electrons. The van der Waals surface area contributed by atoms with E-state index < -0.39 is 12.0 Å². The minimum atomic E-state index is -1.06. The average Bonchev–Trinajstić information content (AvgIpc) is 2.41. The Bertz CT molecular complexity index is 343. The van der Waals surface area contributed by atoms with E-state index in [1.54, 1.807) is 0 Å². The molecule has 8 nitrogen and oxygen atoms in total. The number of unbranched alkanes of at least 4 members (excludes halogenated alkanes) is 2. The maximum atomic E-state index is 11.6. The largest absolute Gasteiger partial charge is 0.480 e. The number of amides is 1. The van der Waals surface area contributed by atoms with E-state index in [4.69, 9.17) is 16.6 Å². The van der Waals surface area contributed by atoms with Gasteiger partial charge in [0, 0.05) is 6.54 Å². The zero-order valence-electron chi connectivity index (χ0n) is 12.6. The molecule has 0 aliphatic rings. The van der Waals surface area contributed by atoms with Gasteiger partial charge in [-0.15, -0.1) is 0 Å². The summed E-state index contributed by atoms with van der Waals surface area (Å²) in [7, 11) is 0.